The van der Waals surface area contributed by atoms with Crippen LogP contribution in [0.3, 0.4) is 0 Å². The molecule has 0 atom stereocenters. The second-order valence-corrected chi connectivity index (χ2v) is 4.46. The Kier molecular flexibility index (Phi) is 10.5. The van der Waals surface area contributed by atoms with Gasteiger partial charge in [-0.2, -0.15) is 0 Å². The van der Waals surface area contributed by atoms with Gasteiger partial charge in [0.25, 0.3) is 0 Å². The predicted octanol–water partition coefficient (Wildman–Crippen LogP) is 4.31. The quantitative estimate of drug-likeness (QED) is 0.551. The normalized spacial score (nSPS) is 9.62. The standard InChI is InChI=1S/C9H14OS.C3H6OS/c1-4-6-9(3,7-5-2)8(10)11;1-2-3(4)5/h4-5H,1-2,6-7H2,3H3,(H,10,11);2H2,1H3,(H,4,5). The molecule has 0 fully saturated rings. The van der Waals surface area contributed by atoms with Gasteiger partial charge in [0.2, 0.25) is 0 Å². The molecular weight excluding hydrogens is 240 g/mol. The Morgan fingerprint density at radius 3 is 1.62 bits per heavy atom. The van der Waals surface area contributed by atoms with Gasteiger partial charge in [-0.15, -0.1) is 13.2 Å². The molecule has 4 heteroatoms. The Hall–Kier alpha value is -0.740. The first-order chi connectivity index (χ1) is 7.33. The van der Waals surface area contributed by atoms with E-state index in [-0.39, 0.29) is 15.5 Å². The Bertz CT molecular complexity index is 250. The second kappa shape index (κ2) is 9.48. The molecule has 0 bridgehead atoms. The maximum absolute atomic E-state index is 9.17. The molecule has 0 aromatic rings. The summed E-state index contributed by atoms with van der Waals surface area (Å²) in [5.41, 5.74) is -0.348. The Morgan fingerprint density at radius 2 is 1.50 bits per heavy atom. The molecule has 0 rings (SSSR count). The topological polar surface area (TPSA) is 40.5 Å². The lowest BCUT2D eigenvalue weighted by Crippen LogP contribution is -2.24. The Labute approximate surface area is 109 Å². The number of allylic oxidation sites excluding steroid dienone is 2. The highest BCUT2D eigenvalue weighted by Gasteiger charge is 2.25. The molecular formula is C12H20O2S2. The first-order valence-corrected chi connectivity index (χ1v) is 5.82. The lowest BCUT2D eigenvalue weighted by molar-refractivity contribution is 0.390. The van der Waals surface area contributed by atoms with E-state index in [9.17, 15) is 0 Å². The molecule has 0 saturated carbocycles. The van der Waals surface area contributed by atoms with Gasteiger partial charge >= 0.3 is 0 Å². The molecule has 16 heavy (non-hydrogen) atoms. The molecule has 0 radical (unpaired) electrons. The van der Waals surface area contributed by atoms with Crippen LogP contribution in [0.2, 0.25) is 0 Å². The minimum Gasteiger partial charge on any atom is -0.502 e. The minimum atomic E-state index is -0.348. The van der Waals surface area contributed by atoms with E-state index in [0.29, 0.717) is 19.3 Å². The van der Waals surface area contributed by atoms with Crippen molar-refractivity contribution < 1.29 is 10.2 Å². The summed E-state index contributed by atoms with van der Waals surface area (Å²) in [6.07, 6.45) is 5.48. The van der Waals surface area contributed by atoms with Gasteiger partial charge in [0.1, 0.15) is 0 Å². The van der Waals surface area contributed by atoms with E-state index in [1.165, 1.54) is 0 Å². The van der Waals surface area contributed by atoms with Crippen LogP contribution in [0.5, 0.6) is 0 Å². The number of thiocarbonyl (C=S) groups is 2. The molecule has 0 unspecified atom stereocenters. The van der Waals surface area contributed by atoms with Gasteiger partial charge in [-0.3, -0.25) is 0 Å². The second-order valence-electron chi connectivity index (χ2n) is 3.60. The van der Waals surface area contributed by atoms with Crippen molar-refractivity contribution in [2.75, 3.05) is 0 Å². The van der Waals surface area contributed by atoms with Crippen LogP contribution >= 0.6 is 24.4 Å². The van der Waals surface area contributed by atoms with Crippen molar-refractivity contribution in [2.45, 2.75) is 33.1 Å². The summed E-state index contributed by atoms with van der Waals surface area (Å²) < 4.78 is 0. The first kappa shape index (κ1) is 17.6. The van der Waals surface area contributed by atoms with E-state index in [1.807, 2.05) is 13.8 Å². The zero-order chi connectivity index (χ0) is 13.2. The summed E-state index contributed by atoms with van der Waals surface area (Å²) in [6.45, 7) is 10.9. The number of rotatable bonds is 6. The predicted molar refractivity (Wildman–Crippen MR) is 78.5 cm³/mol. The summed E-state index contributed by atoms with van der Waals surface area (Å²) in [7, 11) is 0. The molecule has 0 aliphatic carbocycles. The molecule has 0 aromatic carbocycles. The van der Waals surface area contributed by atoms with Crippen molar-refractivity contribution in [2.24, 2.45) is 5.41 Å². The van der Waals surface area contributed by atoms with Crippen LogP contribution < -0.4 is 0 Å². The van der Waals surface area contributed by atoms with Gasteiger partial charge in [0.05, 0.1) is 0 Å². The van der Waals surface area contributed by atoms with E-state index in [2.05, 4.69) is 25.4 Å². The van der Waals surface area contributed by atoms with Crippen molar-refractivity contribution in [3.05, 3.63) is 25.3 Å². The molecule has 92 valence electrons. The van der Waals surface area contributed by atoms with Crippen LogP contribution in [0, 0.1) is 5.41 Å². The SMILES string of the molecule is C=CCC(C)(CC=C)C(O)=S.CCC(O)=S. The van der Waals surface area contributed by atoms with Crippen LogP contribution in [0.1, 0.15) is 33.1 Å². The van der Waals surface area contributed by atoms with Crippen molar-refractivity contribution in [3.8, 4) is 0 Å². The van der Waals surface area contributed by atoms with Crippen LogP contribution in [0.15, 0.2) is 25.3 Å². The van der Waals surface area contributed by atoms with Crippen molar-refractivity contribution in [1.82, 2.24) is 0 Å². The lowest BCUT2D eigenvalue weighted by atomic mass is 9.84. The van der Waals surface area contributed by atoms with Crippen molar-refractivity contribution >= 4 is 34.5 Å². The lowest BCUT2D eigenvalue weighted by Gasteiger charge is -2.23. The Morgan fingerprint density at radius 1 is 1.19 bits per heavy atom. The largest absolute Gasteiger partial charge is 0.502 e. The summed E-state index contributed by atoms with van der Waals surface area (Å²) in [5, 5.41) is 17.4. The highest BCUT2D eigenvalue weighted by Crippen LogP contribution is 2.27. The maximum Gasteiger partial charge on any atom is 0.163 e. The van der Waals surface area contributed by atoms with Crippen LogP contribution in [-0.2, 0) is 0 Å². The van der Waals surface area contributed by atoms with Gasteiger partial charge in [-0.1, -0.05) is 26.0 Å². The third-order valence-corrected chi connectivity index (χ3v) is 2.79. The van der Waals surface area contributed by atoms with Crippen molar-refractivity contribution in [3.63, 3.8) is 0 Å². The van der Waals surface area contributed by atoms with Crippen LogP contribution in [0.25, 0.3) is 0 Å². The zero-order valence-corrected chi connectivity index (χ0v) is 11.5. The monoisotopic (exact) mass is 260 g/mol. The third-order valence-electron chi connectivity index (χ3n) is 2.01. The van der Waals surface area contributed by atoms with E-state index >= 15 is 0 Å². The fourth-order valence-electron chi connectivity index (χ4n) is 0.895. The van der Waals surface area contributed by atoms with Gasteiger partial charge in [-0.05, 0) is 37.3 Å². The van der Waals surface area contributed by atoms with Gasteiger partial charge in [0, 0.05) is 11.8 Å². The van der Waals surface area contributed by atoms with E-state index in [4.69, 9.17) is 22.4 Å². The minimum absolute atomic E-state index is 0.0392. The van der Waals surface area contributed by atoms with Crippen LogP contribution in [0.4, 0.5) is 0 Å². The molecule has 2 nitrogen and oxygen atoms in total. The fourth-order valence-corrected chi connectivity index (χ4v) is 1.06. The average molecular weight is 260 g/mol. The molecule has 0 amide bonds. The first-order valence-electron chi connectivity index (χ1n) is 5.01. The number of aliphatic hydroxyl groups excluding tert-OH is 2. The summed E-state index contributed by atoms with van der Waals surface area (Å²) >= 11 is 8.97. The molecule has 0 aromatic heterocycles. The molecule has 0 aliphatic rings. The maximum atomic E-state index is 9.17. The van der Waals surface area contributed by atoms with Crippen molar-refractivity contribution in [1.29, 1.82) is 0 Å². The molecule has 0 heterocycles. The van der Waals surface area contributed by atoms with E-state index in [0.717, 1.165) is 0 Å². The molecule has 2 N–H and O–H groups in total. The fraction of sp³-hybridized carbons (Fsp3) is 0.500. The average Bonchev–Trinajstić information content (AvgIpc) is 2.19. The van der Waals surface area contributed by atoms with Crippen LogP contribution in [-0.4, -0.2) is 20.3 Å². The zero-order valence-electron chi connectivity index (χ0n) is 9.90. The van der Waals surface area contributed by atoms with E-state index in [1.54, 1.807) is 12.2 Å². The summed E-state index contributed by atoms with van der Waals surface area (Å²) in [5.74, 6) is 0. The summed E-state index contributed by atoms with van der Waals surface area (Å²) in [4.78, 5) is 0. The number of aliphatic hydroxyl groups is 2. The van der Waals surface area contributed by atoms with Gasteiger partial charge in [-0.25, -0.2) is 0 Å². The highest BCUT2D eigenvalue weighted by atomic mass is 32.1. The molecule has 0 spiro atoms. The Balaban J connectivity index is 0. The molecule has 0 aliphatic heterocycles. The van der Waals surface area contributed by atoms with Gasteiger partial charge in [0.15, 0.2) is 10.1 Å². The third kappa shape index (κ3) is 8.56. The molecule has 0 saturated heterocycles. The van der Waals surface area contributed by atoms with Gasteiger partial charge < -0.3 is 10.2 Å². The summed E-state index contributed by atoms with van der Waals surface area (Å²) in [6, 6.07) is 0. The highest BCUT2D eigenvalue weighted by molar-refractivity contribution is 7.80. The smallest absolute Gasteiger partial charge is 0.163 e. The van der Waals surface area contributed by atoms with E-state index < -0.39 is 0 Å². The number of hydrogen-bond acceptors (Lipinski definition) is 2. The number of hydrogen-bond donors (Lipinski definition) is 2.